The Kier molecular flexibility index (Phi) is 4.06. The summed E-state index contributed by atoms with van der Waals surface area (Å²) in [4.78, 5) is 14.3. The second kappa shape index (κ2) is 5.86. The van der Waals surface area contributed by atoms with Crippen LogP contribution < -0.4 is 9.64 Å². The van der Waals surface area contributed by atoms with E-state index < -0.39 is 4.21 Å². The minimum Gasteiger partial charge on any atom is -0.497 e. The first-order valence-corrected chi connectivity index (χ1v) is 8.49. The van der Waals surface area contributed by atoms with E-state index in [0.29, 0.717) is 0 Å². The second-order valence-electron chi connectivity index (χ2n) is 5.04. The number of rotatable bonds is 4. The maximum Gasteiger partial charge on any atom is 0.261 e. The van der Waals surface area contributed by atoms with Crippen molar-refractivity contribution in [2.75, 3.05) is 18.3 Å². The average Bonchev–Trinajstić information content (AvgIpc) is 2.59. The second-order valence-corrected chi connectivity index (χ2v) is 6.91. The monoisotopic (exact) mass is 333 g/mol. The number of anilines is 1. The van der Waals surface area contributed by atoms with Gasteiger partial charge in [0, 0.05) is 5.69 Å². The number of amides is 1. The predicted molar refractivity (Wildman–Crippen MR) is 91.8 cm³/mol. The van der Waals surface area contributed by atoms with Gasteiger partial charge in [0.05, 0.1) is 13.2 Å². The molecule has 114 valence electrons. The van der Waals surface area contributed by atoms with Crippen molar-refractivity contribution in [3.05, 3.63) is 60.2 Å². The SMILES string of the molecule is COc1ccc(N2C(=O)[C@@](Cl)(SC)[C@H]2c2ccccc2)cc1. The molecule has 5 heteroatoms. The summed E-state index contributed by atoms with van der Waals surface area (Å²) in [6, 6.07) is 17.1. The summed E-state index contributed by atoms with van der Waals surface area (Å²) in [6.45, 7) is 0. The van der Waals surface area contributed by atoms with E-state index in [2.05, 4.69) is 0 Å². The molecule has 0 aliphatic carbocycles. The summed E-state index contributed by atoms with van der Waals surface area (Å²) in [5, 5.41) is 0. The van der Waals surface area contributed by atoms with E-state index in [9.17, 15) is 4.79 Å². The van der Waals surface area contributed by atoms with Crippen LogP contribution in [0.15, 0.2) is 54.6 Å². The van der Waals surface area contributed by atoms with Crippen LogP contribution >= 0.6 is 23.4 Å². The van der Waals surface area contributed by atoms with Crippen LogP contribution in [0.5, 0.6) is 5.75 Å². The summed E-state index contributed by atoms with van der Waals surface area (Å²) in [5.41, 5.74) is 1.85. The van der Waals surface area contributed by atoms with Gasteiger partial charge >= 0.3 is 0 Å². The van der Waals surface area contributed by atoms with Crippen LogP contribution in [-0.2, 0) is 4.79 Å². The molecule has 1 aliphatic heterocycles. The molecule has 2 aromatic carbocycles. The standard InChI is InChI=1S/C17H16ClNO2S/c1-21-14-10-8-13(9-11-14)19-15(12-6-4-3-5-7-12)17(18,22-2)16(19)20/h3-11,15H,1-2H3/t15-,17+/m1/s1. The van der Waals surface area contributed by atoms with Crippen LogP contribution in [0.4, 0.5) is 5.69 Å². The Morgan fingerprint density at radius 3 is 2.32 bits per heavy atom. The average molecular weight is 334 g/mol. The molecule has 0 radical (unpaired) electrons. The number of hydrogen-bond donors (Lipinski definition) is 0. The molecular formula is C17H16ClNO2S. The molecule has 1 heterocycles. The molecule has 0 N–H and O–H groups in total. The van der Waals surface area contributed by atoms with Gasteiger partial charge in [-0.15, -0.1) is 11.8 Å². The molecule has 1 fully saturated rings. The molecule has 0 unspecified atom stereocenters. The third-order valence-corrected chi connectivity index (χ3v) is 5.71. The highest BCUT2D eigenvalue weighted by Gasteiger charge is 2.60. The van der Waals surface area contributed by atoms with E-state index in [0.717, 1.165) is 17.0 Å². The number of benzene rings is 2. The van der Waals surface area contributed by atoms with Gasteiger partial charge in [-0.3, -0.25) is 9.69 Å². The van der Waals surface area contributed by atoms with E-state index in [-0.39, 0.29) is 11.9 Å². The zero-order chi connectivity index (χ0) is 15.7. The van der Waals surface area contributed by atoms with Gasteiger partial charge in [-0.2, -0.15) is 0 Å². The van der Waals surface area contributed by atoms with Crippen molar-refractivity contribution in [3.63, 3.8) is 0 Å². The molecule has 3 nitrogen and oxygen atoms in total. The summed E-state index contributed by atoms with van der Waals surface area (Å²) < 4.78 is 4.22. The summed E-state index contributed by atoms with van der Waals surface area (Å²) in [5.74, 6) is 0.677. The van der Waals surface area contributed by atoms with Gasteiger partial charge in [-0.25, -0.2) is 0 Å². The molecule has 2 atom stereocenters. The van der Waals surface area contributed by atoms with E-state index >= 15 is 0 Å². The van der Waals surface area contributed by atoms with Crippen molar-refractivity contribution >= 4 is 35.0 Å². The Morgan fingerprint density at radius 1 is 1.14 bits per heavy atom. The van der Waals surface area contributed by atoms with E-state index in [4.69, 9.17) is 16.3 Å². The Bertz CT molecular complexity index is 677. The third kappa shape index (κ3) is 2.27. The normalized spacial score (nSPS) is 24.0. The molecule has 1 saturated heterocycles. The topological polar surface area (TPSA) is 29.5 Å². The van der Waals surface area contributed by atoms with Crippen molar-refractivity contribution in [1.82, 2.24) is 0 Å². The summed E-state index contributed by atoms with van der Waals surface area (Å²) in [6.07, 6.45) is 1.87. The lowest BCUT2D eigenvalue weighted by Crippen LogP contribution is -2.64. The number of β-lactam (4-membered cyclic amide) rings is 1. The van der Waals surface area contributed by atoms with Gasteiger partial charge in [0.2, 0.25) is 0 Å². The molecule has 0 aromatic heterocycles. The number of hydrogen-bond acceptors (Lipinski definition) is 3. The zero-order valence-electron chi connectivity index (χ0n) is 12.3. The number of alkyl halides is 1. The predicted octanol–water partition coefficient (Wildman–Crippen LogP) is 4.08. The fraction of sp³-hybridized carbons (Fsp3) is 0.235. The lowest BCUT2D eigenvalue weighted by atomic mass is 9.91. The highest BCUT2D eigenvalue weighted by Crippen LogP contribution is 2.55. The van der Waals surface area contributed by atoms with Gasteiger partial charge in [-0.05, 0) is 36.1 Å². The zero-order valence-corrected chi connectivity index (χ0v) is 13.9. The number of carbonyl (C=O) groups excluding carboxylic acids is 1. The van der Waals surface area contributed by atoms with Crippen molar-refractivity contribution in [1.29, 1.82) is 0 Å². The smallest absolute Gasteiger partial charge is 0.261 e. The van der Waals surface area contributed by atoms with Crippen molar-refractivity contribution in [2.45, 2.75) is 10.2 Å². The number of methoxy groups -OCH3 is 1. The minimum absolute atomic E-state index is 0.0827. The van der Waals surface area contributed by atoms with Crippen LogP contribution in [0.1, 0.15) is 11.6 Å². The number of halogens is 1. The highest BCUT2D eigenvalue weighted by molar-refractivity contribution is 8.02. The van der Waals surface area contributed by atoms with E-state index in [1.54, 1.807) is 12.0 Å². The molecule has 0 saturated carbocycles. The number of carbonyl (C=O) groups is 1. The first-order chi connectivity index (χ1) is 10.6. The Morgan fingerprint density at radius 2 is 1.77 bits per heavy atom. The third-order valence-electron chi connectivity index (χ3n) is 3.88. The van der Waals surface area contributed by atoms with Gasteiger partial charge in [-0.1, -0.05) is 41.9 Å². The molecule has 1 amide bonds. The Balaban J connectivity index is 2.00. The van der Waals surface area contributed by atoms with Crippen LogP contribution in [0.3, 0.4) is 0 Å². The molecule has 1 aliphatic rings. The van der Waals surface area contributed by atoms with Crippen molar-refractivity contribution in [3.8, 4) is 5.75 Å². The van der Waals surface area contributed by atoms with Gasteiger partial charge < -0.3 is 4.74 Å². The quantitative estimate of drug-likeness (QED) is 0.623. The number of thioether (sulfide) groups is 1. The van der Waals surface area contributed by atoms with Gasteiger partial charge in [0.1, 0.15) is 5.75 Å². The van der Waals surface area contributed by atoms with Crippen LogP contribution in [0.2, 0.25) is 0 Å². The van der Waals surface area contributed by atoms with E-state index in [1.165, 1.54) is 11.8 Å². The fourth-order valence-electron chi connectivity index (χ4n) is 2.71. The van der Waals surface area contributed by atoms with Crippen LogP contribution in [0, 0.1) is 0 Å². The lowest BCUT2D eigenvalue weighted by Gasteiger charge is -2.51. The first kappa shape index (κ1) is 15.3. The largest absolute Gasteiger partial charge is 0.497 e. The maximum atomic E-state index is 12.6. The molecular weight excluding hydrogens is 318 g/mol. The fourth-order valence-corrected chi connectivity index (χ4v) is 3.76. The van der Waals surface area contributed by atoms with Crippen LogP contribution in [0.25, 0.3) is 0 Å². The van der Waals surface area contributed by atoms with Gasteiger partial charge in [0.15, 0.2) is 4.21 Å². The van der Waals surface area contributed by atoms with Gasteiger partial charge in [0.25, 0.3) is 5.91 Å². The Labute approximate surface area is 139 Å². The van der Waals surface area contributed by atoms with Crippen molar-refractivity contribution in [2.24, 2.45) is 0 Å². The molecule has 0 bridgehead atoms. The van der Waals surface area contributed by atoms with Crippen LogP contribution in [-0.4, -0.2) is 23.5 Å². The molecule has 2 aromatic rings. The molecule has 3 rings (SSSR count). The minimum atomic E-state index is -0.943. The summed E-state index contributed by atoms with van der Waals surface area (Å²) >= 11 is 7.97. The number of ether oxygens (including phenoxy) is 1. The van der Waals surface area contributed by atoms with E-state index in [1.807, 2.05) is 60.9 Å². The molecule has 22 heavy (non-hydrogen) atoms. The Hall–Kier alpha value is -1.65. The highest BCUT2D eigenvalue weighted by atomic mass is 35.5. The van der Waals surface area contributed by atoms with Crippen molar-refractivity contribution < 1.29 is 9.53 Å². The molecule has 0 spiro atoms. The number of nitrogens with zero attached hydrogens (tertiary/aromatic N) is 1. The lowest BCUT2D eigenvalue weighted by molar-refractivity contribution is -0.125. The first-order valence-electron chi connectivity index (χ1n) is 6.88. The summed E-state index contributed by atoms with van der Waals surface area (Å²) in [7, 11) is 1.62. The maximum absolute atomic E-state index is 12.6.